The molecular weight excluding hydrogens is 188 g/mol. The summed E-state index contributed by atoms with van der Waals surface area (Å²) in [5.41, 5.74) is 2.51. The molecule has 0 saturated carbocycles. The van der Waals surface area contributed by atoms with Crippen LogP contribution in [0.15, 0.2) is 30.5 Å². The lowest BCUT2D eigenvalue weighted by atomic mass is 10.1. The van der Waals surface area contributed by atoms with Crippen LogP contribution in [0.3, 0.4) is 0 Å². The summed E-state index contributed by atoms with van der Waals surface area (Å²) in [5.74, 6) is 0. The van der Waals surface area contributed by atoms with Gasteiger partial charge in [-0.2, -0.15) is 0 Å². The van der Waals surface area contributed by atoms with Gasteiger partial charge in [0.15, 0.2) is 0 Å². The van der Waals surface area contributed by atoms with Gasteiger partial charge in [-0.1, -0.05) is 18.2 Å². The van der Waals surface area contributed by atoms with Gasteiger partial charge in [0, 0.05) is 30.7 Å². The van der Waals surface area contributed by atoms with Crippen LogP contribution in [0.5, 0.6) is 0 Å². The van der Waals surface area contributed by atoms with E-state index in [0.717, 1.165) is 12.8 Å². The number of fused-ring (bicyclic) bond motifs is 1. The summed E-state index contributed by atoms with van der Waals surface area (Å²) in [6.07, 6.45) is 3.74. The Kier molecular flexibility index (Phi) is 2.72. The topological polar surface area (TPSA) is 34.0 Å². The van der Waals surface area contributed by atoms with Gasteiger partial charge in [0.1, 0.15) is 0 Å². The average molecular weight is 202 g/mol. The molecular formula is C12H14N2O. The fourth-order valence-electron chi connectivity index (χ4n) is 1.89. The van der Waals surface area contributed by atoms with E-state index in [1.54, 1.807) is 0 Å². The van der Waals surface area contributed by atoms with E-state index < -0.39 is 0 Å². The first-order chi connectivity index (χ1) is 7.33. The normalized spacial score (nSPS) is 10.5. The van der Waals surface area contributed by atoms with Crippen LogP contribution in [-0.2, 0) is 18.3 Å². The molecule has 3 heteroatoms. The van der Waals surface area contributed by atoms with Crippen LogP contribution in [0, 0.1) is 0 Å². The number of hydrogen-bond acceptors (Lipinski definition) is 1. The van der Waals surface area contributed by atoms with E-state index in [0.29, 0.717) is 6.54 Å². The maximum Gasteiger partial charge on any atom is 0.207 e. The maximum atomic E-state index is 10.1. The first-order valence-corrected chi connectivity index (χ1v) is 5.03. The third-order valence-corrected chi connectivity index (χ3v) is 2.60. The molecule has 0 aliphatic rings. The van der Waals surface area contributed by atoms with Crippen LogP contribution in [0.4, 0.5) is 0 Å². The van der Waals surface area contributed by atoms with Gasteiger partial charge in [-0.25, -0.2) is 0 Å². The molecule has 1 aromatic heterocycles. The van der Waals surface area contributed by atoms with Crippen molar-refractivity contribution in [3.05, 3.63) is 36.0 Å². The second-order valence-corrected chi connectivity index (χ2v) is 3.60. The third-order valence-electron chi connectivity index (χ3n) is 2.60. The highest BCUT2D eigenvalue weighted by atomic mass is 16.1. The zero-order valence-corrected chi connectivity index (χ0v) is 8.73. The van der Waals surface area contributed by atoms with Crippen LogP contribution >= 0.6 is 0 Å². The van der Waals surface area contributed by atoms with Gasteiger partial charge in [0.2, 0.25) is 6.41 Å². The molecule has 15 heavy (non-hydrogen) atoms. The van der Waals surface area contributed by atoms with Gasteiger partial charge in [-0.05, 0) is 18.1 Å². The van der Waals surface area contributed by atoms with Crippen LogP contribution in [0.1, 0.15) is 5.56 Å². The zero-order valence-electron chi connectivity index (χ0n) is 8.73. The molecule has 0 radical (unpaired) electrons. The number of aryl methyl sites for hydroxylation is 1. The number of aromatic nitrogens is 1. The minimum Gasteiger partial charge on any atom is -0.358 e. The van der Waals surface area contributed by atoms with Gasteiger partial charge in [0.25, 0.3) is 0 Å². The van der Waals surface area contributed by atoms with Crippen molar-refractivity contribution in [2.45, 2.75) is 6.42 Å². The fraction of sp³-hybridized carbons (Fsp3) is 0.250. The lowest BCUT2D eigenvalue weighted by molar-refractivity contribution is -0.109. The Morgan fingerprint density at radius 1 is 1.40 bits per heavy atom. The molecule has 1 N–H and O–H groups in total. The summed E-state index contributed by atoms with van der Waals surface area (Å²) in [7, 11) is 2.04. The molecule has 0 unspecified atom stereocenters. The lowest BCUT2D eigenvalue weighted by Gasteiger charge is -1.97. The second-order valence-electron chi connectivity index (χ2n) is 3.60. The molecule has 2 aromatic rings. The largest absolute Gasteiger partial charge is 0.358 e. The van der Waals surface area contributed by atoms with Crippen LogP contribution < -0.4 is 5.32 Å². The standard InChI is InChI=1S/C12H14N2O/c1-14-8-10(6-7-13-9-15)11-4-2-3-5-12(11)14/h2-5,8-9H,6-7H2,1H3,(H,13,15). The highest BCUT2D eigenvalue weighted by molar-refractivity contribution is 5.83. The molecule has 1 aromatic carbocycles. The van der Waals surface area contributed by atoms with Crippen molar-refractivity contribution in [1.82, 2.24) is 9.88 Å². The van der Waals surface area contributed by atoms with E-state index in [1.165, 1.54) is 16.5 Å². The quantitative estimate of drug-likeness (QED) is 0.591. The smallest absolute Gasteiger partial charge is 0.207 e. The minimum absolute atomic E-state index is 0.692. The van der Waals surface area contributed by atoms with Crippen molar-refractivity contribution in [2.75, 3.05) is 6.54 Å². The molecule has 0 bridgehead atoms. The third kappa shape index (κ3) is 1.86. The first kappa shape index (κ1) is 9.77. The SMILES string of the molecule is Cn1cc(CCNC=O)c2ccccc21. The van der Waals surface area contributed by atoms with Gasteiger partial charge in [-0.3, -0.25) is 4.79 Å². The minimum atomic E-state index is 0.692. The van der Waals surface area contributed by atoms with Crippen molar-refractivity contribution in [1.29, 1.82) is 0 Å². The summed E-state index contributed by atoms with van der Waals surface area (Å²) in [4.78, 5) is 10.1. The predicted octanol–water partition coefficient (Wildman–Crippen LogP) is 1.47. The first-order valence-electron chi connectivity index (χ1n) is 5.03. The van der Waals surface area contributed by atoms with Gasteiger partial charge < -0.3 is 9.88 Å². The number of para-hydroxylation sites is 1. The van der Waals surface area contributed by atoms with E-state index in [2.05, 4.69) is 28.2 Å². The number of benzene rings is 1. The zero-order chi connectivity index (χ0) is 10.7. The number of amides is 1. The average Bonchev–Trinajstić information content (AvgIpc) is 2.58. The van der Waals surface area contributed by atoms with Crippen LogP contribution in [0.25, 0.3) is 10.9 Å². The van der Waals surface area contributed by atoms with E-state index >= 15 is 0 Å². The monoisotopic (exact) mass is 202 g/mol. The second kappa shape index (κ2) is 4.17. The Labute approximate surface area is 88.7 Å². The summed E-state index contributed by atoms with van der Waals surface area (Å²) in [5, 5.41) is 3.95. The van der Waals surface area contributed by atoms with Crippen molar-refractivity contribution < 1.29 is 4.79 Å². The Balaban J connectivity index is 2.31. The molecule has 0 saturated heterocycles. The molecule has 2 rings (SSSR count). The summed E-state index contributed by atoms with van der Waals surface area (Å²) in [6, 6.07) is 8.30. The van der Waals surface area contributed by atoms with Crippen molar-refractivity contribution >= 4 is 17.3 Å². The summed E-state index contributed by atoms with van der Waals surface area (Å²) in [6.45, 7) is 0.692. The highest BCUT2D eigenvalue weighted by Gasteiger charge is 2.04. The Hall–Kier alpha value is -1.77. The Morgan fingerprint density at radius 3 is 3.00 bits per heavy atom. The number of rotatable bonds is 4. The van der Waals surface area contributed by atoms with Crippen molar-refractivity contribution in [3.8, 4) is 0 Å². The molecule has 0 atom stereocenters. The molecule has 0 aliphatic carbocycles. The molecule has 1 amide bonds. The fourth-order valence-corrected chi connectivity index (χ4v) is 1.89. The van der Waals surface area contributed by atoms with Gasteiger partial charge in [0.05, 0.1) is 0 Å². The summed E-state index contributed by atoms with van der Waals surface area (Å²) < 4.78 is 2.12. The van der Waals surface area contributed by atoms with Crippen molar-refractivity contribution in [2.24, 2.45) is 7.05 Å². The predicted molar refractivity (Wildman–Crippen MR) is 60.7 cm³/mol. The van der Waals surface area contributed by atoms with Crippen LogP contribution in [0.2, 0.25) is 0 Å². The molecule has 1 heterocycles. The number of nitrogens with one attached hydrogen (secondary N) is 1. The number of hydrogen-bond donors (Lipinski definition) is 1. The number of nitrogens with zero attached hydrogens (tertiary/aromatic N) is 1. The maximum absolute atomic E-state index is 10.1. The lowest BCUT2D eigenvalue weighted by Crippen LogP contribution is -2.14. The Bertz CT molecular complexity index is 473. The van der Waals surface area contributed by atoms with Crippen molar-refractivity contribution in [3.63, 3.8) is 0 Å². The molecule has 0 spiro atoms. The van der Waals surface area contributed by atoms with E-state index in [4.69, 9.17) is 0 Å². The molecule has 0 fully saturated rings. The Morgan fingerprint density at radius 2 is 2.20 bits per heavy atom. The van der Waals surface area contributed by atoms with Gasteiger partial charge >= 0.3 is 0 Å². The van der Waals surface area contributed by atoms with E-state index in [1.807, 2.05) is 19.2 Å². The summed E-state index contributed by atoms with van der Waals surface area (Å²) >= 11 is 0. The molecule has 3 nitrogen and oxygen atoms in total. The molecule has 0 aliphatic heterocycles. The number of carbonyl (C=O) groups excluding carboxylic acids is 1. The molecule has 78 valence electrons. The highest BCUT2D eigenvalue weighted by Crippen LogP contribution is 2.20. The van der Waals surface area contributed by atoms with E-state index in [-0.39, 0.29) is 0 Å². The van der Waals surface area contributed by atoms with Crippen LogP contribution in [-0.4, -0.2) is 17.5 Å². The van der Waals surface area contributed by atoms with Gasteiger partial charge in [-0.15, -0.1) is 0 Å². The number of carbonyl (C=O) groups is 1. The van der Waals surface area contributed by atoms with E-state index in [9.17, 15) is 4.79 Å².